The summed E-state index contributed by atoms with van der Waals surface area (Å²) in [6.45, 7) is 0.553. The van der Waals surface area contributed by atoms with Gasteiger partial charge < -0.3 is 4.90 Å². The highest BCUT2D eigenvalue weighted by molar-refractivity contribution is 8.00. The minimum Gasteiger partial charge on any atom is -0.325 e. The molecule has 4 rings (SSSR count). The van der Waals surface area contributed by atoms with Crippen molar-refractivity contribution in [3.63, 3.8) is 0 Å². The van der Waals surface area contributed by atoms with E-state index in [0.717, 1.165) is 17.5 Å². The molecule has 1 aromatic heterocycles. The summed E-state index contributed by atoms with van der Waals surface area (Å²) in [5, 5.41) is 11.4. The molecule has 0 radical (unpaired) electrons. The number of rotatable bonds is 5. The summed E-state index contributed by atoms with van der Waals surface area (Å²) in [7, 11) is 0. The third-order valence-corrected chi connectivity index (χ3v) is 6.35. The SMILES string of the molecule is O=C(CSc1nnnn1-c1cccc(F)c1)N1CCSC1c1ccccc1F. The molecule has 2 heterocycles. The van der Waals surface area contributed by atoms with Gasteiger partial charge in [0.05, 0.1) is 11.4 Å². The summed E-state index contributed by atoms with van der Waals surface area (Å²) >= 11 is 2.70. The van der Waals surface area contributed by atoms with Crippen molar-refractivity contribution >= 4 is 29.4 Å². The molecule has 0 saturated carbocycles. The summed E-state index contributed by atoms with van der Waals surface area (Å²) in [5.74, 6) is -0.00114. The lowest BCUT2D eigenvalue weighted by atomic mass is 10.2. The highest BCUT2D eigenvalue weighted by atomic mass is 32.2. The first-order chi connectivity index (χ1) is 13.6. The van der Waals surface area contributed by atoms with E-state index < -0.39 is 5.82 Å². The first-order valence-corrected chi connectivity index (χ1v) is 10.5. The number of thioether (sulfide) groups is 2. The molecule has 1 atom stereocenters. The number of carbonyl (C=O) groups is 1. The minimum atomic E-state index is -0.401. The number of benzene rings is 2. The van der Waals surface area contributed by atoms with E-state index in [2.05, 4.69) is 15.5 Å². The van der Waals surface area contributed by atoms with E-state index in [9.17, 15) is 13.6 Å². The Hall–Kier alpha value is -2.46. The molecule has 0 N–H and O–H groups in total. The zero-order valence-electron chi connectivity index (χ0n) is 14.5. The van der Waals surface area contributed by atoms with Crippen LogP contribution in [0.1, 0.15) is 10.9 Å². The van der Waals surface area contributed by atoms with E-state index in [-0.39, 0.29) is 22.9 Å². The van der Waals surface area contributed by atoms with E-state index in [1.54, 1.807) is 35.2 Å². The van der Waals surface area contributed by atoms with Crippen LogP contribution in [0, 0.1) is 11.6 Å². The van der Waals surface area contributed by atoms with Crippen LogP contribution in [0.15, 0.2) is 53.7 Å². The molecule has 1 aliphatic heterocycles. The first-order valence-electron chi connectivity index (χ1n) is 8.46. The molecule has 6 nitrogen and oxygen atoms in total. The molecule has 3 aromatic rings. The Kier molecular flexibility index (Phi) is 5.58. The van der Waals surface area contributed by atoms with E-state index in [0.29, 0.717) is 23.0 Å². The molecular weight excluding hydrogens is 404 g/mol. The highest BCUT2D eigenvalue weighted by Crippen LogP contribution is 2.39. The molecule has 1 amide bonds. The lowest BCUT2D eigenvalue weighted by molar-refractivity contribution is -0.128. The topological polar surface area (TPSA) is 63.9 Å². The number of carbonyl (C=O) groups excluding carboxylic acids is 1. The van der Waals surface area contributed by atoms with Crippen molar-refractivity contribution in [1.29, 1.82) is 0 Å². The standard InChI is InChI=1S/C18H15F2N5OS2/c19-12-4-3-5-13(10-12)25-18(21-22-23-25)28-11-16(26)24-8-9-27-17(24)14-6-1-2-7-15(14)20/h1-7,10,17H,8-9,11H2. The maximum Gasteiger partial charge on any atom is 0.234 e. The smallest absolute Gasteiger partial charge is 0.234 e. The Bertz CT molecular complexity index is 999. The van der Waals surface area contributed by atoms with Crippen LogP contribution in [0.2, 0.25) is 0 Å². The molecule has 144 valence electrons. The van der Waals surface area contributed by atoms with Gasteiger partial charge >= 0.3 is 0 Å². The van der Waals surface area contributed by atoms with Gasteiger partial charge in [0.1, 0.15) is 17.0 Å². The number of halogens is 2. The summed E-state index contributed by atoms with van der Waals surface area (Å²) in [4.78, 5) is 14.4. The number of tetrazole rings is 1. The predicted octanol–water partition coefficient (Wildman–Crippen LogP) is 3.31. The van der Waals surface area contributed by atoms with Crippen molar-refractivity contribution in [1.82, 2.24) is 25.1 Å². The van der Waals surface area contributed by atoms with Crippen molar-refractivity contribution in [2.24, 2.45) is 0 Å². The fraction of sp³-hybridized carbons (Fsp3) is 0.222. The van der Waals surface area contributed by atoms with Crippen LogP contribution < -0.4 is 0 Å². The number of hydrogen-bond donors (Lipinski definition) is 0. The van der Waals surface area contributed by atoms with E-state index in [4.69, 9.17) is 0 Å². The average molecular weight is 419 g/mol. The molecule has 28 heavy (non-hydrogen) atoms. The van der Waals surface area contributed by atoms with E-state index >= 15 is 0 Å². The summed E-state index contributed by atoms with van der Waals surface area (Å²) in [5.41, 5.74) is 0.980. The zero-order valence-corrected chi connectivity index (χ0v) is 16.2. The maximum absolute atomic E-state index is 14.1. The fourth-order valence-corrected chi connectivity index (χ4v) is 4.98. The van der Waals surface area contributed by atoms with Gasteiger partial charge in [-0.1, -0.05) is 36.0 Å². The average Bonchev–Trinajstić information content (AvgIpc) is 3.36. The predicted molar refractivity (Wildman–Crippen MR) is 103 cm³/mol. The summed E-state index contributed by atoms with van der Waals surface area (Å²) in [6, 6.07) is 12.4. The van der Waals surface area contributed by atoms with Crippen molar-refractivity contribution in [2.75, 3.05) is 18.1 Å². The van der Waals surface area contributed by atoms with E-state index in [1.165, 1.54) is 34.6 Å². The number of hydrogen-bond acceptors (Lipinski definition) is 6. The van der Waals surface area contributed by atoms with Crippen LogP contribution in [0.5, 0.6) is 0 Å². The van der Waals surface area contributed by atoms with Gasteiger partial charge in [-0.15, -0.1) is 16.9 Å². The number of amides is 1. The van der Waals surface area contributed by atoms with Crippen LogP contribution in [0.25, 0.3) is 5.69 Å². The Morgan fingerprint density at radius 1 is 1.21 bits per heavy atom. The van der Waals surface area contributed by atoms with Crippen molar-refractivity contribution in [3.8, 4) is 5.69 Å². The van der Waals surface area contributed by atoms with Gasteiger partial charge in [-0.25, -0.2) is 8.78 Å². The molecule has 1 fully saturated rings. The molecule has 1 saturated heterocycles. The second-order valence-corrected chi connectivity index (χ2v) is 8.10. The number of aromatic nitrogens is 4. The molecule has 0 spiro atoms. The van der Waals surface area contributed by atoms with E-state index in [1.807, 2.05) is 0 Å². The molecular formula is C18H15F2N5OS2. The second-order valence-electron chi connectivity index (χ2n) is 5.97. The number of nitrogens with zero attached hydrogens (tertiary/aromatic N) is 5. The Balaban J connectivity index is 1.47. The largest absolute Gasteiger partial charge is 0.325 e. The Morgan fingerprint density at radius 3 is 2.89 bits per heavy atom. The van der Waals surface area contributed by atoms with Crippen LogP contribution >= 0.6 is 23.5 Å². The quantitative estimate of drug-likeness (QED) is 0.592. The van der Waals surface area contributed by atoms with Crippen molar-refractivity contribution < 1.29 is 13.6 Å². The van der Waals surface area contributed by atoms with Crippen LogP contribution in [0.4, 0.5) is 8.78 Å². The lowest BCUT2D eigenvalue weighted by Gasteiger charge is -2.24. The zero-order chi connectivity index (χ0) is 19.5. The van der Waals surface area contributed by atoms with Gasteiger partial charge in [0, 0.05) is 17.9 Å². The summed E-state index contributed by atoms with van der Waals surface area (Å²) in [6.07, 6.45) is 0. The Morgan fingerprint density at radius 2 is 2.07 bits per heavy atom. The molecule has 10 heteroatoms. The van der Waals surface area contributed by atoms with Gasteiger partial charge in [0.25, 0.3) is 0 Å². The monoisotopic (exact) mass is 419 g/mol. The maximum atomic E-state index is 14.1. The Labute approximate surface area is 168 Å². The van der Waals surface area contributed by atoms with Gasteiger partial charge in [-0.05, 0) is 34.7 Å². The molecule has 1 aliphatic rings. The highest BCUT2D eigenvalue weighted by Gasteiger charge is 2.32. The van der Waals surface area contributed by atoms with Gasteiger partial charge in [-0.2, -0.15) is 4.68 Å². The third kappa shape index (κ3) is 3.88. The van der Waals surface area contributed by atoms with Gasteiger partial charge in [0.2, 0.25) is 11.1 Å². The fourth-order valence-electron chi connectivity index (χ4n) is 2.91. The minimum absolute atomic E-state index is 0.0984. The summed E-state index contributed by atoms with van der Waals surface area (Å²) < 4.78 is 29.0. The van der Waals surface area contributed by atoms with Gasteiger partial charge in [-0.3, -0.25) is 4.79 Å². The lowest BCUT2D eigenvalue weighted by Crippen LogP contribution is -2.32. The van der Waals surface area contributed by atoms with Crippen LogP contribution in [0.3, 0.4) is 0 Å². The molecule has 0 bridgehead atoms. The normalized spacial score (nSPS) is 16.5. The molecule has 1 unspecified atom stereocenters. The van der Waals surface area contributed by atoms with Crippen molar-refractivity contribution in [3.05, 3.63) is 65.7 Å². The second kappa shape index (κ2) is 8.27. The van der Waals surface area contributed by atoms with Crippen LogP contribution in [-0.2, 0) is 4.79 Å². The first kappa shape index (κ1) is 18.9. The van der Waals surface area contributed by atoms with Crippen LogP contribution in [-0.4, -0.2) is 49.1 Å². The third-order valence-electron chi connectivity index (χ3n) is 4.20. The van der Waals surface area contributed by atoms with Crippen molar-refractivity contribution in [2.45, 2.75) is 10.5 Å². The molecule has 2 aromatic carbocycles. The van der Waals surface area contributed by atoms with Gasteiger partial charge in [0.15, 0.2) is 0 Å². The molecule has 0 aliphatic carbocycles.